The Hall–Kier alpha value is -1.53. The number of carbonyl (C=O) groups is 1. The van der Waals surface area contributed by atoms with Crippen molar-refractivity contribution < 1.29 is 23.1 Å². The fourth-order valence-electron chi connectivity index (χ4n) is 1.65. The first-order chi connectivity index (χ1) is 8.66. The van der Waals surface area contributed by atoms with Gasteiger partial charge in [0.1, 0.15) is 11.6 Å². The van der Waals surface area contributed by atoms with E-state index in [4.69, 9.17) is 9.57 Å². The molecule has 2 rings (SSSR count). The highest BCUT2D eigenvalue weighted by Crippen LogP contribution is 2.13. The van der Waals surface area contributed by atoms with Crippen LogP contribution in [0.3, 0.4) is 0 Å². The number of rotatable bonds is 3. The third-order valence-electron chi connectivity index (χ3n) is 2.60. The molecule has 1 amide bonds. The number of benzene rings is 1. The van der Waals surface area contributed by atoms with Gasteiger partial charge < -0.3 is 4.74 Å². The van der Waals surface area contributed by atoms with Gasteiger partial charge in [-0.25, -0.2) is 19.1 Å². The van der Waals surface area contributed by atoms with Crippen LogP contribution in [-0.2, 0) is 9.57 Å². The van der Waals surface area contributed by atoms with E-state index < -0.39 is 23.8 Å². The Morgan fingerprint density at radius 3 is 2.89 bits per heavy atom. The smallest absolute Gasteiger partial charge is 0.277 e. The number of hydroxylamine groups is 1. The molecule has 18 heavy (non-hydrogen) atoms. The van der Waals surface area contributed by atoms with Gasteiger partial charge in [0.25, 0.3) is 5.91 Å². The number of halogens is 2. The molecule has 1 aromatic carbocycles. The first kappa shape index (κ1) is 12.9. The zero-order chi connectivity index (χ0) is 13.0. The Labute approximate surface area is 103 Å². The summed E-state index contributed by atoms with van der Waals surface area (Å²) in [7, 11) is 0. The third-order valence-corrected chi connectivity index (χ3v) is 2.60. The lowest BCUT2D eigenvalue weighted by Gasteiger charge is -2.22. The highest BCUT2D eigenvalue weighted by atomic mass is 19.1. The van der Waals surface area contributed by atoms with Crippen molar-refractivity contribution in [3.05, 3.63) is 35.4 Å². The average Bonchev–Trinajstić information content (AvgIpc) is 2.37. The fourth-order valence-corrected chi connectivity index (χ4v) is 1.65. The van der Waals surface area contributed by atoms with Crippen molar-refractivity contribution in [2.75, 3.05) is 6.61 Å². The second kappa shape index (κ2) is 5.88. The van der Waals surface area contributed by atoms with E-state index >= 15 is 0 Å². The van der Waals surface area contributed by atoms with Gasteiger partial charge in [-0.05, 0) is 25.0 Å². The van der Waals surface area contributed by atoms with E-state index in [0.717, 1.165) is 25.0 Å². The molecule has 1 heterocycles. The zero-order valence-electron chi connectivity index (χ0n) is 9.62. The van der Waals surface area contributed by atoms with Crippen LogP contribution >= 0.6 is 0 Å². The maximum absolute atomic E-state index is 13.3. The quantitative estimate of drug-likeness (QED) is 0.844. The molecule has 1 aliphatic heterocycles. The summed E-state index contributed by atoms with van der Waals surface area (Å²) in [5.41, 5.74) is 1.83. The number of carbonyl (C=O) groups excluding carboxylic acids is 1. The number of nitrogens with one attached hydrogen (secondary N) is 1. The maximum atomic E-state index is 13.3. The van der Waals surface area contributed by atoms with Crippen LogP contribution in [0.1, 0.15) is 29.6 Å². The van der Waals surface area contributed by atoms with Gasteiger partial charge in [0, 0.05) is 19.1 Å². The summed E-state index contributed by atoms with van der Waals surface area (Å²) in [6.45, 7) is 0.575. The monoisotopic (exact) mass is 257 g/mol. The highest BCUT2D eigenvalue weighted by Gasteiger charge is 2.18. The molecule has 0 radical (unpaired) electrons. The predicted octanol–water partition coefficient (Wildman–Crippen LogP) is 2.15. The molecular weight excluding hydrogens is 244 g/mol. The van der Waals surface area contributed by atoms with E-state index in [0.29, 0.717) is 19.1 Å². The summed E-state index contributed by atoms with van der Waals surface area (Å²) in [5.74, 6) is -2.43. The summed E-state index contributed by atoms with van der Waals surface area (Å²) in [6.07, 6.45) is 2.07. The van der Waals surface area contributed by atoms with Crippen LogP contribution in [0, 0.1) is 11.6 Å². The highest BCUT2D eigenvalue weighted by molar-refractivity contribution is 5.93. The number of ether oxygens (including phenoxy) is 1. The standard InChI is InChI=1S/C12H13F2NO3/c13-8-4-5-9(10(14)7-8)12(16)15-18-11-3-1-2-6-17-11/h4-5,7,11H,1-3,6H2,(H,15,16). The van der Waals surface area contributed by atoms with Gasteiger partial charge in [-0.2, -0.15) is 0 Å². The molecule has 0 bridgehead atoms. The molecule has 98 valence electrons. The summed E-state index contributed by atoms with van der Waals surface area (Å²) >= 11 is 0. The molecule has 0 aromatic heterocycles. The summed E-state index contributed by atoms with van der Waals surface area (Å²) in [4.78, 5) is 16.6. The lowest BCUT2D eigenvalue weighted by Crippen LogP contribution is -2.33. The van der Waals surface area contributed by atoms with E-state index in [2.05, 4.69) is 5.48 Å². The van der Waals surface area contributed by atoms with Crippen molar-refractivity contribution in [3.8, 4) is 0 Å². The molecule has 1 aromatic rings. The molecule has 1 atom stereocenters. The van der Waals surface area contributed by atoms with Gasteiger partial charge in [-0.3, -0.25) is 4.79 Å². The first-order valence-corrected chi connectivity index (χ1v) is 5.69. The second-order valence-electron chi connectivity index (χ2n) is 3.97. The van der Waals surface area contributed by atoms with E-state index in [1.54, 1.807) is 0 Å². The van der Waals surface area contributed by atoms with E-state index in [1.807, 2.05) is 0 Å². The van der Waals surface area contributed by atoms with Crippen molar-refractivity contribution in [3.63, 3.8) is 0 Å². The molecule has 1 unspecified atom stereocenters. The van der Waals surface area contributed by atoms with Crippen LogP contribution in [0.25, 0.3) is 0 Å². The van der Waals surface area contributed by atoms with E-state index in [-0.39, 0.29) is 5.56 Å². The van der Waals surface area contributed by atoms with Gasteiger partial charge in [-0.15, -0.1) is 0 Å². The predicted molar refractivity (Wildman–Crippen MR) is 58.5 cm³/mol. The minimum absolute atomic E-state index is 0.271. The van der Waals surface area contributed by atoms with Crippen LogP contribution in [0.4, 0.5) is 8.78 Å². The molecule has 1 N–H and O–H groups in total. The van der Waals surface area contributed by atoms with Gasteiger partial charge in [0.2, 0.25) is 0 Å². The average molecular weight is 257 g/mol. The molecule has 0 saturated carbocycles. The summed E-state index contributed by atoms with van der Waals surface area (Å²) in [5, 5.41) is 0. The van der Waals surface area contributed by atoms with Gasteiger partial charge in [0.05, 0.1) is 5.56 Å². The van der Waals surface area contributed by atoms with Crippen molar-refractivity contribution >= 4 is 5.91 Å². The normalized spacial score (nSPS) is 19.6. The Balaban J connectivity index is 1.90. The molecular formula is C12H13F2NO3. The van der Waals surface area contributed by atoms with Crippen LogP contribution in [0.2, 0.25) is 0 Å². The largest absolute Gasteiger partial charge is 0.350 e. The van der Waals surface area contributed by atoms with Gasteiger partial charge >= 0.3 is 0 Å². The van der Waals surface area contributed by atoms with Crippen molar-refractivity contribution in [2.45, 2.75) is 25.6 Å². The Bertz CT molecular complexity index is 433. The summed E-state index contributed by atoms with van der Waals surface area (Å²) < 4.78 is 31.2. The Kier molecular flexibility index (Phi) is 4.22. The molecule has 1 fully saturated rings. The van der Waals surface area contributed by atoms with Crippen LogP contribution in [0.15, 0.2) is 18.2 Å². The SMILES string of the molecule is O=C(NOC1CCCCO1)c1ccc(F)cc1F. The fraction of sp³-hybridized carbons (Fsp3) is 0.417. The third kappa shape index (κ3) is 3.24. The first-order valence-electron chi connectivity index (χ1n) is 5.69. The van der Waals surface area contributed by atoms with Crippen molar-refractivity contribution in [1.29, 1.82) is 0 Å². The molecule has 0 spiro atoms. The molecule has 0 aliphatic carbocycles. The summed E-state index contributed by atoms with van der Waals surface area (Å²) in [6, 6.07) is 2.71. The second-order valence-corrected chi connectivity index (χ2v) is 3.97. The van der Waals surface area contributed by atoms with Crippen molar-refractivity contribution in [2.24, 2.45) is 0 Å². The number of hydrogen-bond acceptors (Lipinski definition) is 3. The molecule has 1 aliphatic rings. The topological polar surface area (TPSA) is 47.6 Å². The number of hydrogen-bond donors (Lipinski definition) is 1. The lowest BCUT2D eigenvalue weighted by molar-refractivity contribution is -0.186. The maximum Gasteiger partial charge on any atom is 0.277 e. The molecule has 6 heteroatoms. The molecule has 4 nitrogen and oxygen atoms in total. The lowest BCUT2D eigenvalue weighted by atomic mass is 10.2. The Morgan fingerprint density at radius 1 is 1.39 bits per heavy atom. The van der Waals surface area contributed by atoms with Crippen LogP contribution in [-0.4, -0.2) is 18.8 Å². The minimum atomic E-state index is -0.930. The van der Waals surface area contributed by atoms with Gasteiger partial charge in [-0.1, -0.05) is 0 Å². The Morgan fingerprint density at radius 2 is 2.22 bits per heavy atom. The van der Waals surface area contributed by atoms with Crippen molar-refractivity contribution in [1.82, 2.24) is 5.48 Å². The van der Waals surface area contributed by atoms with E-state index in [9.17, 15) is 13.6 Å². The minimum Gasteiger partial charge on any atom is -0.350 e. The zero-order valence-corrected chi connectivity index (χ0v) is 9.62. The number of amides is 1. The van der Waals surface area contributed by atoms with Crippen LogP contribution in [0.5, 0.6) is 0 Å². The molecule has 1 saturated heterocycles. The van der Waals surface area contributed by atoms with Gasteiger partial charge in [0.15, 0.2) is 6.29 Å². The van der Waals surface area contributed by atoms with Crippen LogP contribution < -0.4 is 5.48 Å². The van der Waals surface area contributed by atoms with E-state index in [1.165, 1.54) is 0 Å².